The van der Waals surface area contributed by atoms with Gasteiger partial charge in [-0.1, -0.05) is 35.9 Å². The second-order valence-corrected chi connectivity index (χ2v) is 9.23. The molecule has 0 spiro atoms. The summed E-state index contributed by atoms with van der Waals surface area (Å²) in [6, 6.07) is 18.4. The summed E-state index contributed by atoms with van der Waals surface area (Å²) >= 11 is 6.00. The molecule has 7 heteroatoms. The van der Waals surface area contributed by atoms with E-state index in [1.807, 2.05) is 50.2 Å². The second kappa shape index (κ2) is 9.81. The number of carbonyl (C=O) groups is 1. The van der Waals surface area contributed by atoms with E-state index in [0.717, 1.165) is 34.3 Å². The lowest BCUT2D eigenvalue weighted by atomic mass is 9.99. The van der Waals surface area contributed by atoms with E-state index in [1.54, 1.807) is 0 Å². The number of fused-ring (bicyclic) bond motifs is 1. The molecular formula is C26H28ClN3O3. The van der Waals surface area contributed by atoms with Gasteiger partial charge in [0.05, 0.1) is 5.92 Å². The third-order valence-corrected chi connectivity index (χ3v) is 5.96. The molecule has 1 aliphatic heterocycles. The van der Waals surface area contributed by atoms with Crippen LogP contribution in [-0.4, -0.2) is 40.3 Å². The number of rotatable bonds is 9. The minimum Gasteiger partial charge on any atom is -0.489 e. The summed E-state index contributed by atoms with van der Waals surface area (Å²) in [7, 11) is 0. The van der Waals surface area contributed by atoms with Crippen LogP contribution in [0.1, 0.15) is 30.5 Å². The molecule has 4 rings (SSSR count). The Labute approximate surface area is 198 Å². The number of ether oxygens (including phenoxy) is 1. The van der Waals surface area contributed by atoms with Gasteiger partial charge in [-0.3, -0.25) is 15.1 Å². The minimum atomic E-state index is -0.711. The Morgan fingerprint density at radius 2 is 1.82 bits per heavy atom. The van der Waals surface area contributed by atoms with Gasteiger partial charge in [0.15, 0.2) is 0 Å². The summed E-state index contributed by atoms with van der Waals surface area (Å²) in [5.74, 6) is -0.175. The predicted octanol–water partition coefficient (Wildman–Crippen LogP) is 5.32. The Balaban J connectivity index is 1.40. The lowest BCUT2D eigenvalue weighted by molar-refractivity contribution is -0.147. The summed E-state index contributed by atoms with van der Waals surface area (Å²) in [5, 5.41) is 22.4. The van der Waals surface area contributed by atoms with Crippen molar-refractivity contribution >= 4 is 39.2 Å². The van der Waals surface area contributed by atoms with Crippen molar-refractivity contribution in [2.75, 3.05) is 18.4 Å². The molecule has 3 N–H and O–H groups in total. The summed E-state index contributed by atoms with van der Waals surface area (Å²) in [6.45, 7) is 6.45. The van der Waals surface area contributed by atoms with E-state index in [9.17, 15) is 4.79 Å². The van der Waals surface area contributed by atoms with Crippen molar-refractivity contribution in [2.45, 2.75) is 33.0 Å². The molecule has 0 unspecified atom stereocenters. The maximum absolute atomic E-state index is 11.0. The van der Waals surface area contributed by atoms with Crippen LogP contribution in [0, 0.1) is 11.3 Å². The van der Waals surface area contributed by atoms with E-state index in [1.165, 1.54) is 5.56 Å². The fraction of sp³-hybridized carbons (Fsp3) is 0.308. The van der Waals surface area contributed by atoms with Gasteiger partial charge in [0, 0.05) is 36.9 Å². The first-order chi connectivity index (χ1) is 15.8. The zero-order chi connectivity index (χ0) is 23.5. The van der Waals surface area contributed by atoms with Gasteiger partial charge in [0.2, 0.25) is 0 Å². The highest BCUT2D eigenvalue weighted by atomic mass is 35.5. The van der Waals surface area contributed by atoms with Gasteiger partial charge in [-0.05, 0) is 66.1 Å². The molecule has 1 aliphatic rings. The van der Waals surface area contributed by atoms with Crippen molar-refractivity contribution < 1.29 is 14.6 Å². The number of halogens is 1. The fourth-order valence-corrected chi connectivity index (χ4v) is 4.20. The van der Waals surface area contributed by atoms with Crippen LogP contribution in [0.2, 0.25) is 0 Å². The number of likely N-dealkylation sites (tertiary alicyclic amines) is 1. The Kier molecular flexibility index (Phi) is 6.86. The van der Waals surface area contributed by atoms with E-state index >= 15 is 0 Å². The first-order valence-corrected chi connectivity index (χ1v) is 11.4. The van der Waals surface area contributed by atoms with E-state index in [-0.39, 0.29) is 17.1 Å². The number of hydrogen-bond acceptors (Lipinski definition) is 5. The van der Waals surface area contributed by atoms with Crippen LogP contribution in [0.15, 0.2) is 54.6 Å². The Morgan fingerprint density at radius 3 is 2.52 bits per heavy atom. The number of benzene rings is 3. The summed E-state index contributed by atoms with van der Waals surface area (Å²) < 4.78 is 6.01. The number of carboxylic acid groups (broad SMARTS) is 1. The molecule has 6 nitrogen and oxygen atoms in total. The van der Waals surface area contributed by atoms with Gasteiger partial charge in [-0.25, -0.2) is 0 Å². The maximum Gasteiger partial charge on any atom is 0.309 e. The zero-order valence-corrected chi connectivity index (χ0v) is 19.5. The van der Waals surface area contributed by atoms with E-state index in [2.05, 4.69) is 28.4 Å². The Bertz CT molecular complexity index is 1190. The topological polar surface area (TPSA) is 85.7 Å². The molecule has 0 saturated carbocycles. The summed E-state index contributed by atoms with van der Waals surface area (Å²) in [5.41, 5.74) is 3.61. The van der Waals surface area contributed by atoms with Crippen LogP contribution in [0.4, 0.5) is 5.69 Å². The zero-order valence-electron chi connectivity index (χ0n) is 18.8. The smallest absolute Gasteiger partial charge is 0.309 e. The van der Waals surface area contributed by atoms with Gasteiger partial charge in [-0.2, -0.15) is 0 Å². The Hall–Kier alpha value is -3.09. The average Bonchev–Trinajstić information content (AvgIpc) is 2.74. The van der Waals surface area contributed by atoms with E-state index in [4.69, 9.17) is 26.9 Å². The molecule has 0 amide bonds. The van der Waals surface area contributed by atoms with Crippen LogP contribution in [0.5, 0.6) is 5.75 Å². The molecular weight excluding hydrogens is 438 g/mol. The van der Waals surface area contributed by atoms with Crippen LogP contribution in [-0.2, 0) is 17.9 Å². The molecule has 3 aromatic carbocycles. The molecule has 1 fully saturated rings. The van der Waals surface area contributed by atoms with E-state index < -0.39 is 5.97 Å². The first kappa shape index (κ1) is 23.1. The molecule has 172 valence electrons. The SMILES string of the molecule is CC(C)Nc1ccc(COc2ccc3cc(CN4CC(C(=O)O)C4)ccc3c2)cc1C(=N)Cl. The minimum absolute atomic E-state index is 0.00165. The highest BCUT2D eigenvalue weighted by molar-refractivity contribution is 6.69. The molecule has 1 heterocycles. The predicted molar refractivity (Wildman–Crippen MR) is 133 cm³/mol. The molecule has 0 atom stereocenters. The monoisotopic (exact) mass is 465 g/mol. The van der Waals surface area contributed by atoms with Gasteiger partial charge >= 0.3 is 5.97 Å². The van der Waals surface area contributed by atoms with Crippen molar-refractivity contribution in [1.82, 2.24) is 4.90 Å². The fourth-order valence-electron chi connectivity index (χ4n) is 4.04. The quantitative estimate of drug-likeness (QED) is 0.372. The lowest BCUT2D eigenvalue weighted by Crippen LogP contribution is -2.49. The normalized spacial score (nSPS) is 14.3. The van der Waals surface area contributed by atoms with Crippen LogP contribution >= 0.6 is 11.6 Å². The molecule has 0 aromatic heterocycles. The third-order valence-electron chi connectivity index (χ3n) is 5.76. The van der Waals surface area contributed by atoms with Crippen molar-refractivity contribution in [3.8, 4) is 5.75 Å². The van der Waals surface area contributed by atoms with Gasteiger partial charge in [0.25, 0.3) is 0 Å². The number of hydrogen-bond donors (Lipinski definition) is 3. The number of aliphatic carboxylic acids is 1. The number of anilines is 1. The molecule has 3 aromatic rings. The third kappa shape index (κ3) is 5.64. The van der Waals surface area contributed by atoms with Crippen molar-refractivity contribution in [3.05, 3.63) is 71.3 Å². The summed E-state index contributed by atoms with van der Waals surface area (Å²) in [6.07, 6.45) is 0. The standard InChI is InChI=1S/C26H28ClN3O3/c1-16(2)29-24-8-4-18(10-23(24)25(27)28)15-33-22-7-6-19-9-17(3-5-20(19)11-22)12-30-13-21(14-30)26(31)32/h3-11,16,21,28-29H,12-15H2,1-2H3,(H,31,32). The van der Waals surface area contributed by atoms with Crippen LogP contribution < -0.4 is 10.1 Å². The lowest BCUT2D eigenvalue weighted by Gasteiger charge is -2.36. The van der Waals surface area contributed by atoms with Crippen molar-refractivity contribution in [3.63, 3.8) is 0 Å². The molecule has 1 saturated heterocycles. The largest absolute Gasteiger partial charge is 0.489 e. The highest BCUT2D eigenvalue weighted by Crippen LogP contribution is 2.26. The van der Waals surface area contributed by atoms with Gasteiger partial charge in [0.1, 0.15) is 17.5 Å². The van der Waals surface area contributed by atoms with Crippen molar-refractivity contribution in [2.24, 2.45) is 5.92 Å². The number of carboxylic acids is 1. The van der Waals surface area contributed by atoms with Crippen molar-refractivity contribution in [1.29, 1.82) is 5.41 Å². The van der Waals surface area contributed by atoms with Crippen LogP contribution in [0.3, 0.4) is 0 Å². The molecule has 33 heavy (non-hydrogen) atoms. The Morgan fingerprint density at radius 1 is 1.12 bits per heavy atom. The van der Waals surface area contributed by atoms with E-state index in [0.29, 0.717) is 25.3 Å². The van der Waals surface area contributed by atoms with Gasteiger partial charge in [-0.15, -0.1) is 0 Å². The van der Waals surface area contributed by atoms with Gasteiger partial charge < -0.3 is 15.2 Å². The van der Waals surface area contributed by atoms with Crippen LogP contribution in [0.25, 0.3) is 10.8 Å². The highest BCUT2D eigenvalue weighted by Gasteiger charge is 2.32. The first-order valence-electron chi connectivity index (χ1n) is 11.0. The maximum atomic E-state index is 11.0. The molecule has 0 bridgehead atoms. The number of nitrogens with one attached hydrogen (secondary N) is 2. The average molecular weight is 466 g/mol. The molecule has 0 radical (unpaired) electrons. The number of nitrogens with zero attached hydrogens (tertiary/aromatic N) is 1. The molecule has 0 aliphatic carbocycles. The summed E-state index contributed by atoms with van der Waals surface area (Å²) in [4.78, 5) is 13.1. The second-order valence-electron chi connectivity index (χ2n) is 8.85.